The first-order valence-corrected chi connectivity index (χ1v) is 6.41. The van der Waals surface area contributed by atoms with Crippen molar-refractivity contribution >= 4 is 28.8 Å². The first kappa shape index (κ1) is 14.2. The highest BCUT2D eigenvalue weighted by Gasteiger charge is 2.13. The highest BCUT2D eigenvalue weighted by Crippen LogP contribution is 2.18. The zero-order valence-corrected chi connectivity index (χ0v) is 11.6. The second-order valence-corrected chi connectivity index (χ2v) is 4.57. The van der Waals surface area contributed by atoms with E-state index in [4.69, 9.17) is 22.4 Å². The summed E-state index contributed by atoms with van der Waals surface area (Å²) < 4.78 is 19.1. The Morgan fingerprint density at radius 3 is 2.70 bits per heavy atom. The summed E-state index contributed by atoms with van der Waals surface area (Å²) in [4.78, 5) is 12.0. The van der Waals surface area contributed by atoms with Crippen LogP contribution in [0, 0.1) is 5.82 Å². The minimum atomic E-state index is -0.606. The van der Waals surface area contributed by atoms with Gasteiger partial charge in [-0.05, 0) is 30.3 Å². The van der Waals surface area contributed by atoms with Crippen LogP contribution in [0.4, 0.5) is 10.1 Å². The van der Waals surface area contributed by atoms with Crippen LogP contribution in [-0.4, -0.2) is 10.9 Å². The number of halogens is 1. The van der Waals surface area contributed by atoms with E-state index in [1.807, 2.05) is 6.92 Å². The largest absolute Gasteiger partial charge is 0.456 e. The van der Waals surface area contributed by atoms with Gasteiger partial charge in [0.1, 0.15) is 16.6 Å². The minimum absolute atomic E-state index is 0.0458. The van der Waals surface area contributed by atoms with E-state index in [1.165, 1.54) is 12.1 Å². The van der Waals surface area contributed by atoms with Gasteiger partial charge >= 0.3 is 0 Å². The summed E-state index contributed by atoms with van der Waals surface area (Å²) in [5.74, 6) is -0.281. The highest BCUT2D eigenvalue weighted by molar-refractivity contribution is 7.80. The van der Waals surface area contributed by atoms with Gasteiger partial charge in [0.2, 0.25) is 0 Å². The number of benzene rings is 1. The Morgan fingerprint density at radius 2 is 2.15 bits per heavy atom. The number of anilines is 1. The van der Waals surface area contributed by atoms with Crippen molar-refractivity contribution in [1.82, 2.24) is 0 Å². The Labute approximate surface area is 120 Å². The molecule has 0 unspecified atom stereocenters. The summed E-state index contributed by atoms with van der Waals surface area (Å²) in [5, 5.41) is 2.44. The summed E-state index contributed by atoms with van der Waals surface area (Å²) in [6, 6.07) is 7.39. The molecule has 1 aromatic heterocycles. The number of aryl methyl sites for hydroxylation is 1. The Balaban J connectivity index is 2.17. The number of thiocarbonyl (C=S) groups is 1. The van der Waals surface area contributed by atoms with Gasteiger partial charge in [-0.2, -0.15) is 0 Å². The molecule has 0 aliphatic rings. The molecule has 0 atom stereocenters. The zero-order chi connectivity index (χ0) is 14.7. The highest BCUT2D eigenvalue weighted by atomic mass is 32.1. The third kappa shape index (κ3) is 3.03. The molecule has 0 saturated heterocycles. The molecule has 0 radical (unpaired) electrons. The van der Waals surface area contributed by atoms with Crippen LogP contribution >= 0.6 is 12.2 Å². The van der Waals surface area contributed by atoms with Crippen LogP contribution in [0.5, 0.6) is 0 Å². The van der Waals surface area contributed by atoms with E-state index in [-0.39, 0.29) is 16.4 Å². The Bertz CT molecular complexity index is 667. The van der Waals surface area contributed by atoms with Gasteiger partial charge in [-0.15, -0.1) is 0 Å². The van der Waals surface area contributed by atoms with Gasteiger partial charge in [0.25, 0.3) is 5.91 Å². The van der Waals surface area contributed by atoms with Crippen molar-refractivity contribution in [2.75, 3.05) is 5.32 Å². The molecular weight excluding hydrogens is 279 g/mol. The number of hydrogen-bond acceptors (Lipinski definition) is 3. The lowest BCUT2D eigenvalue weighted by Crippen LogP contribution is -2.14. The summed E-state index contributed by atoms with van der Waals surface area (Å²) in [7, 11) is 0. The Kier molecular flexibility index (Phi) is 4.14. The van der Waals surface area contributed by atoms with Gasteiger partial charge in [0, 0.05) is 12.0 Å². The predicted octanol–water partition coefficient (Wildman–Crippen LogP) is 2.87. The molecule has 0 aliphatic heterocycles. The van der Waals surface area contributed by atoms with Gasteiger partial charge in [-0.25, -0.2) is 4.39 Å². The van der Waals surface area contributed by atoms with E-state index in [0.29, 0.717) is 17.7 Å². The molecule has 20 heavy (non-hydrogen) atoms. The van der Waals surface area contributed by atoms with Crippen molar-refractivity contribution in [3.05, 3.63) is 53.2 Å². The van der Waals surface area contributed by atoms with Crippen LogP contribution in [0.1, 0.15) is 28.8 Å². The van der Waals surface area contributed by atoms with Gasteiger partial charge in [0.05, 0.1) is 5.69 Å². The molecule has 1 aromatic carbocycles. The number of rotatable bonds is 4. The molecule has 4 nitrogen and oxygen atoms in total. The van der Waals surface area contributed by atoms with Crippen molar-refractivity contribution in [3.8, 4) is 0 Å². The summed E-state index contributed by atoms with van der Waals surface area (Å²) in [5.41, 5.74) is 5.86. The van der Waals surface area contributed by atoms with Crippen molar-refractivity contribution in [2.45, 2.75) is 13.3 Å². The predicted molar refractivity (Wildman–Crippen MR) is 78.3 cm³/mol. The maximum atomic E-state index is 13.8. The maximum Gasteiger partial charge on any atom is 0.291 e. The van der Waals surface area contributed by atoms with E-state index in [9.17, 15) is 9.18 Å². The topological polar surface area (TPSA) is 68.3 Å². The molecule has 0 aliphatic carbocycles. The number of nitrogens with one attached hydrogen (secondary N) is 1. The molecular formula is C14H13FN2O2S. The van der Waals surface area contributed by atoms with Crippen LogP contribution in [0.3, 0.4) is 0 Å². The molecule has 0 saturated carbocycles. The van der Waals surface area contributed by atoms with Gasteiger partial charge < -0.3 is 15.5 Å². The molecule has 0 bridgehead atoms. The lowest BCUT2D eigenvalue weighted by atomic mass is 10.2. The van der Waals surface area contributed by atoms with Gasteiger partial charge in [0.15, 0.2) is 5.76 Å². The molecule has 6 heteroatoms. The van der Waals surface area contributed by atoms with E-state index in [2.05, 4.69) is 5.32 Å². The molecule has 3 N–H and O–H groups in total. The first-order chi connectivity index (χ1) is 9.51. The quantitative estimate of drug-likeness (QED) is 0.850. The van der Waals surface area contributed by atoms with Crippen molar-refractivity contribution in [3.63, 3.8) is 0 Å². The maximum absolute atomic E-state index is 13.8. The molecule has 0 spiro atoms. The monoisotopic (exact) mass is 292 g/mol. The molecule has 104 valence electrons. The number of furan rings is 1. The summed E-state index contributed by atoms with van der Waals surface area (Å²) in [6.45, 7) is 1.91. The second-order valence-electron chi connectivity index (χ2n) is 4.13. The van der Waals surface area contributed by atoms with Crippen LogP contribution in [0.2, 0.25) is 0 Å². The van der Waals surface area contributed by atoms with Crippen LogP contribution < -0.4 is 11.1 Å². The fourth-order valence-corrected chi connectivity index (χ4v) is 1.77. The SMILES string of the molecule is CCc1ccc(C(=O)Nc2ccc(C(N)=S)cc2F)o1. The second kappa shape index (κ2) is 5.83. The number of hydrogen-bond donors (Lipinski definition) is 2. The number of carbonyl (C=O) groups is 1. The van der Waals surface area contributed by atoms with Gasteiger partial charge in [-0.3, -0.25) is 4.79 Å². The van der Waals surface area contributed by atoms with E-state index in [0.717, 1.165) is 0 Å². The molecule has 2 rings (SSSR count). The molecule has 1 amide bonds. The number of carbonyl (C=O) groups excluding carboxylic acids is 1. The average molecular weight is 292 g/mol. The Morgan fingerprint density at radius 1 is 1.40 bits per heavy atom. The van der Waals surface area contributed by atoms with E-state index >= 15 is 0 Å². The molecule has 0 fully saturated rings. The number of nitrogens with two attached hydrogens (primary N) is 1. The van der Waals surface area contributed by atoms with Crippen molar-refractivity contribution in [1.29, 1.82) is 0 Å². The third-order valence-electron chi connectivity index (χ3n) is 2.74. The normalized spacial score (nSPS) is 10.3. The lowest BCUT2D eigenvalue weighted by molar-refractivity contribution is 0.0994. The van der Waals surface area contributed by atoms with Crippen LogP contribution in [0.25, 0.3) is 0 Å². The minimum Gasteiger partial charge on any atom is -0.456 e. The smallest absolute Gasteiger partial charge is 0.291 e. The summed E-state index contributed by atoms with van der Waals surface area (Å²) in [6.07, 6.45) is 0.685. The average Bonchev–Trinajstić information content (AvgIpc) is 2.89. The number of amides is 1. The molecule has 1 heterocycles. The Hall–Kier alpha value is -2.21. The van der Waals surface area contributed by atoms with Gasteiger partial charge in [-0.1, -0.05) is 19.1 Å². The van der Waals surface area contributed by atoms with E-state index < -0.39 is 11.7 Å². The standard InChI is InChI=1S/C14H13FN2O2S/c1-2-9-4-6-12(19-9)14(18)17-11-5-3-8(13(16)20)7-10(11)15/h3-7H,2H2,1H3,(H2,16,20)(H,17,18). The van der Waals surface area contributed by atoms with Crippen molar-refractivity contribution in [2.24, 2.45) is 5.73 Å². The fourth-order valence-electron chi connectivity index (χ4n) is 1.64. The summed E-state index contributed by atoms with van der Waals surface area (Å²) >= 11 is 4.75. The van der Waals surface area contributed by atoms with Crippen LogP contribution in [0.15, 0.2) is 34.7 Å². The van der Waals surface area contributed by atoms with Crippen molar-refractivity contribution < 1.29 is 13.6 Å². The first-order valence-electron chi connectivity index (χ1n) is 6.00. The van der Waals surface area contributed by atoms with E-state index in [1.54, 1.807) is 18.2 Å². The molecule has 2 aromatic rings. The fraction of sp³-hybridized carbons (Fsp3) is 0.143. The van der Waals surface area contributed by atoms with Crippen LogP contribution in [-0.2, 0) is 6.42 Å². The zero-order valence-electron chi connectivity index (χ0n) is 10.8. The lowest BCUT2D eigenvalue weighted by Gasteiger charge is -2.06. The third-order valence-corrected chi connectivity index (χ3v) is 2.97.